The average molecular weight is 350 g/mol. The van der Waals surface area contributed by atoms with E-state index in [0.29, 0.717) is 6.61 Å². The minimum atomic E-state index is -0.447. The predicted molar refractivity (Wildman–Crippen MR) is 96.8 cm³/mol. The van der Waals surface area contributed by atoms with E-state index in [2.05, 4.69) is 4.90 Å². The zero-order valence-electron chi connectivity index (χ0n) is 15.6. The van der Waals surface area contributed by atoms with Crippen LogP contribution < -0.4 is 4.74 Å². The van der Waals surface area contributed by atoms with E-state index in [1.165, 1.54) is 0 Å². The Balaban J connectivity index is 1.80. The van der Waals surface area contributed by atoms with Crippen molar-refractivity contribution < 1.29 is 19.0 Å². The van der Waals surface area contributed by atoms with Crippen LogP contribution in [0, 0.1) is 0 Å². The normalized spacial score (nSPS) is 17.2. The largest absolute Gasteiger partial charge is 0.497 e. The smallest absolute Gasteiger partial charge is 0.251 e. The van der Waals surface area contributed by atoms with Gasteiger partial charge in [0.05, 0.1) is 20.3 Å². The molecule has 1 aliphatic rings. The van der Waals surface area contributed by atoms with Gasteiger partial charge >= 0.3 is 0 Å². The lowest BCUT2D eigenvalue weighted by Crippen LogP contribution is -2.41. The molecule has 1 saturated heterocycles. The van der Waals surface area contributed by atoms with E-state index in [0.717, 1.165) is 57.1 Å². The predicted octanol–water partition coefficient (Wildman–Crippen LogP) is 1.78. The second kappa shape index (κ2) is 10.4. The fourth-order valence-corrected chi connectivity index (χ4v) is 2.95. The highest BCUT2D eigenvalue weighted by atomic mass is 16.5. The minimum Gasteiger partial charge on any atom is -0.497 e. The van der Waals surface area contributed by atoms with Crippen molar-refractivity contribution in [3.05, 3.63) is 29.8 Å². The van der Waals surface area contributed by atoms with E-state index in [1.807, 2.05) is 36.1 Å². The minimum absolute atomic E-state index is 0.0662. The Bertz CT molecular complexity index is 538. The van der Waals surface area contributed by atoms with Crippen LogP contribution in [0.3, 0.4) is 0 Å². The number of hydrogen-bond acceptors (Lipinski definition) is 5. The van der Waals surface area contributed by atoms with Crippen LogP contribution in [0.1, 0.15) is 18.9 Å². The molecule has 140 valence electrons. The van der Waals surface area contributed by atoms with Gasteiger partial charge in [-0.25, -0.2) is 0 Å². The molecule has 0 radical (unpaired) electrons. The maximum absolute atomic E-state index is 12.6. The van der Waals surface area contributed by atoms with Gasteiger partial charge in [0.2, 0.25) is 0 Å². The summed E-state index contributed by atoms with van der Waals surface area (Å²) in [5.74, 6) is 0.861. The van der Waals surface area contributed by atoms with Crippen molar-refractivity contribution in [2.45, 2.75) is 26.1 Å². The molecule has 0 bridgehead atoms. The topological polar surface area (TPSA) is 51.2 Å². The molecular weight excluding hydrogens is 320 g/mol. The molecule has 25 heavy (non-hydrogen) atoms. The van der Waals surface area contributed by atoms with E-state index in [4.69, 9.17) is 14.2 Å². The average Bonchev–Trinajstić information content (AvgIpc) is 2.89. The second-order valence-electron chi connectivity index (χ2n) is 6.32. The van der Waals surface area contributed by atoms with Crippen LogP contribution in [0.15, 0.2) is 24.3 Å². The van der Waals surface area contributed by atoms with Crippen LogP contribution >= 0.6 is 0 Å². The van der Waals surface area contributed by atoms with Gasteiger partial charge in [0.25, 0.3) is 5.91 Å². The number of carbonyl (C=O) groups is 1. The van der Waals surface area contributed by atoms with E-state index in [9.17, 15) is 4.79 Å². The van der Waals surface area contributed by atoms with Gasteiger partial charge in [0, 0.05) is 33.3 Å². The summed E-state index contributed by atoms with van der Waals surface area (Å²) in [6.07, 6.45) is 0.537. The fraction of sp³-hybridized carbons (Fsp3) is 0.632. The third-order valence-electron chi connectivity index (χ3n) is 4.49. The van der Waals surface area contributed by atoms with Crippen molar-refractivity contribution >= 4 is 5.91 Å². The molecule has 1 heterocycles. The Morgan fingerprint density at radius 3 is 2.80 bits per heavy atom. The number of benzene rings is 1. The van der Waals surface area contributed by atoms with Crippen LogP contribution in [0.4, 0.5) is 0 Å². The molecule has 0 saturated carbocycles. The van der Waals surface area contributed by atoms with Crippen LogP contribution in [0.2, 0.25) is 0 Å². The van der Waals surface area contributed by atoms with Crippen molar-refractivity contribution in [3.63, 3.8) is 0 Å². The van der Waals surface area contributed by atoms with Crippen molar-refractivity contribution in [3.8, 4) is 5.75 Å². The summed E-state index contributed by atoms with van der Waals surface area (Å²) in [6.45, 7) is 7.30. The Kier molecular flexibility index (Phi) is 8.18. The summed E-state index contributed by atoms with van der Waals surface area (Å²) in [5.41, 5.74) is 1.00. The summed E-state index contributed by atoms with van der Waals surface area (Å²) in [4.78, 5) is 16.9. The van der Waals surface area contributed by atoms with Gasteiger partial charge in [0.15, 0.2) is 0 Å². The first-order valence-electron chi connectivity index (χ1n) is 8.88. The molecule has 0 N–H and O–H groups in total. The quantitative estimate of drug-likeness (QED) is 0.715. The third-order valence-corrected chi connectivity index (χ3v) is 4.49. The highest BCUT2D eigenvalue weighted by Gasteiger charge is 2.23. The lowest BCUT2D eigenvalue weighted by atomic mass is 10.2. The van der Waals surface area contributed by atoms with Gasteiger partial charge in [-0.2, -0.15) is 0 Å². The molecule has 1 aromatic rings. The first-order valence-corrected chi connectivity index (χ1v) is 8.88. The van der Waals surface area contributed by atoms with E-state index in [1.54, 1.807) is 14.2 Å². The maximum atomic E-state index is 12.6. The van der Waals surface area contributed by atoms with Crippen molar-refractivity contribution in [1.29, 1.82) is 0 Å². The molecule has 0 aliphatic carbocycles. The molecule has 1 aliphatic heterocycles. The van der Waals surface area contributed by atoms with Gasteiger partial charge < -0.3 is 19.1 Å². The molecular formula is C19H30N2O4. The summed E-state index contributed by atoms with van der Waals surface area (Å²) in [5, 5.41) is 0. The summed E-state index contributed by atoms with van der Waals surface area (Å²) in [6, 6.07) is 7.72. The first-order chi connectivity index (χ1) is 12.1. The standard InChI is InChI=1S/C19H30N2O4/c1-16(25-15-17-6-4-7-18(14-17)24-3)19(22)21-9-5-8-20(10-11-21)12-13-23-2/h4,6-7,14,16H,5,8-13,15H2,1-3H3/t16-/m0/s1. The zero-order chi connectivity index (χ0) is 18.1. The van der Waals surface area contributed by atoms with Crippen LogP contribution in [-0.2, 0) is 20.9 Å². The van der Waals surface area contributed by atoms with Gasteiger partial charge in [-0.15, -0.1) is 0 Å². The van der Waals surface area contributed by atoms with E-state index in [-0.39, 0.29) is 5.91 Å². The Morgan fingerprint density at radius 1 is 1.20 bits per heavy atom. The monoisotopic (exact) mass is 350 g/mol. The van der Waals surface area contributed by atoms with Crippen LogP contribution in [-0.4, -0.2) is 75.4 Å². The molecule has 0 unspecified atom stereocenters. The lowest BCUT2D eigenvalue weighted by molar-refractivity contribution is -0.143. The Morgan fingerprint density at radius 2 is 2.04 bits per heavy atom. The van der Waals surface area contributed by atoms with Crippen molar-refractivity contribution in [1.82, 2.24) is 9.80 Å². The highest BCUT2D eigenvalue weighted by molar-refractivity contribution is 5.80. The maximum Gasteiger partial charge on any atom is 0.251 e. The number of rotatable bonds is 8. The molecule has 1 aromatic carbocycles. The molecule has 6 heteroatoms. The van der Waals surface area contributed by atoms with Crippen LogP contribution in [0.25, 0.3) is 0 Å². The summed E-state index contributed by atoms with van der Waals surface area (Å²) in [7, 11) is 3.36. The molecule has 1 atom stereocenters. The molecule has 6 nitrogen and oxygen atoms in total. The SMILES string of the molecule is COCCN1CCCN(C(=O)[C@H](C)OCc2cccc(OC)c2)CC1. The molecule has 0 aromatic heterocycles. The van der Waals surface area contributed by atoms with Gasteiger partial charge in [-0.3, -0.25) is 9.69 Å². The number of methoxy groups -OCH3 is 2. The summed E-state index contributed by atoms with van der Waals surface area (Å²) < 4.78 is 16.1. The molecule has 1 amide bonds. The highest BCUT2D eigenvalue weighted by Crippen LogP contribution is 2.14. The number of carbonyl (C=O) groups excluding carboxylic acids is 1. The van der Waals surface area contributed by atoms with Gasteiger partial charge in [0.1, 0.15) is 11.9 Å². The number of ether oxygens (including phenoxy) is 3. The molecule has 1 fully saturated rings. The Labute approximate surface area is 150 Å². The van der Waals surface area contributed by atoms with Crippen LogP contribution in [0.5, 0.6) is 5.75 Å². The fourth-order valence-electron chi connectivity index (χ4n) is 2.95. The Hall–Kier alpha value is -1.63. The van der Waals surface area contributed by atoms with Gasteiger partial charge in [-0.1, -0.05) is 12.1 Å². The number of amides is 1. The van der Waals surface area contributed by atoms with Crippen molar-refractivity contribution in [2.75, 3.05) is 53.6 Å². The van der Waals surface area contributed by atoms with E-state index >= 15 is 0 Å². The van der Waals surface area contributed by atoms with E-state index < -0.39 is 6.10 Å². The third kappa shape index (κ3) is 6.30. The molecule has 2 rings (SSSR count). The summed E-state index contributed by atoms with van der Waals surface area (Å²) >= 11 is 0. The second-order valence-corrected chi connectivity index (χ2v) is 6.32. The lowest BCUT2D eigenvalue weighted by Gasteiger charge is -2.25. The first kappa shape index (κ1) is 19.7. The number of nitrogens with zero attached hydrogens (tertiary/aromatic N) is 2. The zero-order valence-corrected chi connectivity index (χ0v) is 15.6. The van der Waals surface area contributed by atoms with Gasteiger partial charge in [-0.05, 0) is 37.6 Å². The molecule has 0 spiro atoms. The number of hydrogen-bond donors (Lipinski definition) is 0. The van der Waals surface area contributed by atoms with Crippen molar-refractivity contribution in [2.24, 2.45) is 0 Å².